The Bertz CT molecular complexity index is 1400. The van der Waals surface area contributed by atoms with Gasteiger partial charge in [0.05, 0.1) is 24.8 Å². The minimum Gasteiger partial charge on any atom is -0.507 e. The van der Waals surface area contributed by atoms with E-state index in [2.05, 4.69) is 18.7 Å². The number of carbonyl (C=O) groups excluding carboxylic acids is 2. The molecule has 8 nitrogen and oxygen atoms in total. The number of rotatable bonds is 15. The van der Waals surface area contributed by atoms with Crippen LogP contribution in [0.2, 0.25) is 0 Å². The summed E-state index contributed by atoms with van der Waals surface area (Å²) in [7, 11) is 0. The van der Waals surface area contributed by atoms with Crippen molar-refractivity contribution in [2.75, 3.05) is 39.4 Å². The number of carbonyl (C=O) groups is 2. The van der Waals surface area contributed by atoms with Crippen LogP contribution in [-0.4, -0.2) is 66.0 Å². The summed E-state index contributed by atoms with van der Waals surface area (Å²) in [6, 6.07) is 21.4. The molecule has 1 atom stereocenters. The number of aliphatic hydroxyl groups is 1. The van der Waals surface area contributed by atoms with E-state index in [0.29, 0.717) is 61.2 Å². The van der Waals surface area contributed by atoms with Gasteiger partial charge < -0.3 is 29.1 Å². The summed E-state index contributed by atoms with van der Waals surface area (Å²) in [5.74, 6) is 0.158. The standard InChI is InChI=1S/C35H42N2O6/c1-5-36(6-2)21-12-22-37-32(31(34(39)35(37)40)33(38)26-15-18-28(19-16-26)41-7-3)27-17-20-29(30(23-27)42-8-4)43-24-25-13-10-9-11-14-25/h9-11,13-20,23,32,38H,5-8,12,21-22,24H2,1-4H3/b33-31+. The average molecular weight is 587 g/mol. The van der Waals surface area contributed by atoms with Gasteiger partial charge >= 0.3 is 0 Å². The SMILES string of the molecule is CCOc1ccc(/C(O)=C2\C(=O)C(=O)N(CCCN(CC)CC)C2c2ccc(OCc3ccccc3)c(OCC)c2)cc1. The van der Waals surface area contributed by atoms with Gasteiger partial charge in [0.1, 0.15) is 18.1 Å². The Balaban J connectivity index is 1.73. The molecule has 1 saturated heterocycles. The molecule has 0 aromatic heterocycles. The van der Waals surface area contributed by atoms with E-state index in [9.17, 15) is 14.7 Å². The number of amides is 1. The van der Waals surface area contributed by atoms with E-state index >= 15 is 0 Å². The molecule has 0 aliphatic carbocycles. The minimum atomic E-state index is -0.786. The Kier molecular flexibility index (Phi) is 11.2. The minimum absolute atomic E-state index is 0.0531. The molecule has 1 amide bonds. The number of hydrogen-bond acceptors (Lipinski definition) is 7. The molecule has 0 bridgehead atoms. The normalized spacial score (nSPS) is 16.1. The van der Waals surface area contributed by atoms with Gasteiger partial charge in [-0.15, -0.1) is 0 Å². The summed E-state index contributed by atoms with van der Waals surface area (Å²) < 4.78 is 17.6. The zero-order valence-electron chi connectivity index (χ0n) is 25.5. The van der Waals surface area contributed by atoms with E-state index in [1.165, 1.54) is 0 Å². The van der Waals surface area contributed by atoms with Crippen LogP contribution in [-0.2, 0) is 16.2 Å². The van der Waals surface area contributed by atoms with Gasteiger partial charge in [-0.1, -0.05) is 50.2 Å². The second-order valence-electron chi connectivity index (χ2n) is 10.2. The van der Waals surface area contributed by atoms with Crippen LogP contribution in [0.3, 0.4) is 0 Å². The zero-order chi connectivity index (χ0) is 30.8. The molecule has 1 heterocycles. The largest absolute Gasteiger partial charge is 0.507 e. The Morgan fingerprint density at radius 2 is 1.53 bits per heavy atom. The summed E-state index contributed by atoms with van der Waals surface area (Å²) in [4.78, 5) is 30.8. The van der Waals surface area contributed by atoms with E-state index in [1.807, 2.05) is 56.3 Å². The van der Waals surface area contributed by atoms with Crippen LogP contribution in [0.15, 0.2) is 78.4 Å². The van der Waals surface area contributed by atoms with Crippen molar-refractivity contribution in [2.24, 2.45) is 0 Å². The Labute approximate surface area is 254 Å². The molecule has 8 heteroatoms. The van der Waals surface area contributed by atoms with E-state index in [1.54, 1.807) is 35.2 Å². The number of hydrogen-bond donors (Lipinski definition) is 1. The van der Waals surface area contributed by atoms with Crippen molar-refractivity contribution in [2.45, 2.75) is 46.8 Å². The lowest BCUT2D eigenvalue weighted by molar-refractivity contribution is -0.140. The highest BCUT2D eigenvalue weighted by molar-refractivity contribution is 6.46. The predicted molar refractivity (Wildman–Crippen MR) is 167 cm³/mol. The topological polar surface area (TPSA) is 88.5 Å². The maximum Gasteiger partial charge on any atom is 0.295 e. The highest BCUT2D eigenvalue weighted by Gasteiger charge is 2.46. The summed E-state index contributed by atoms with van der Waals surface area (Å²) in [5, 5.41) is 11.5. The third kappa shape index (κ3) is 7.56. The molecule has 228 valence electrons. The van der Waals surface area contributed by atoms with Crippen LogP contribution in [0.4, 0.5) is 0 Å². The average Bonchev–Trinajstić information content (AvgIpc) is 3.28. The lowest BCUT2D eigenvalue weighted by Crippen LogP contribution is -2.33. The molecule has 0 radical (unpaired) electrons. The number of likely N-dealkylation sites (tertiary alicyclic amines) is 1. The first-order valence-electron chi connectivity index (χ1n) is 15.1. The van der Waals surface area contributed by atoms with Crippen molar-refractivity contribution in [3.8, 4) is 17.2 Å². The monoisotopic (exact) mass is 586 g/mol. The molecular weight excluding hydrogens is 544 g/mol. The second-order valence-corrected chi connectivity index (χ2v) is 10.2. The smallest absolute Gasteiger partial charge is 0.295 e. The Hall–Kier alpha value is -4.30. The van der Waals surface area contributed by atoms with Crippen molar-refractivity contribution >= 4 is 17.4 Å². The molecule has 0 saturated carbocycles. The van der Waals surface area contributed by atoms with Crippen LogP contribution in [0, 0.1) is 0 Å². The third-order valence-corrected chi connectivity index (χ3v) is 7.57. The number of benzene rings is 3. The van der Waals surface area contributed by atoms with Crippen LogP contribution in [0.5, 0.6) is 17.2 Å². The fraction of sp³-hybridized carbons (Fsp3) is 0.371. The van der Waals surface area contributed by atoms with Gasteiger partial charge in [-0.3, -0.25) is 9.59 Å². The van der Waals surface area contributed by atoms with Crippen molar-refractivity contribution in [1.82, 2.24) is 9.80 Å². The lowest BCUT2D eigenvalue weighted by Gasteiger charge is -2.27. The molecule has 1 N–H and O–H groups in total. The van der Waals surface area contributed by atoms with Gasteiger partial charge in [0.25, 0.3) is 11.7 Å². The fourth-order valence-corrected chi connectivity index (χ4v) is 5.31. The first kappa shape index (κ1) is 31.6. The van der Waals surface area contributed by atoms with Crippen molar-refractivity contribution in [1.29, 1.82) is 0 Å². The first-order chi connectivity index (χ1) is 20.9. The van der Waals surface area contributed by atoms with E-state index < -0.39 is 17.7 Å². The molecular formula is C35H42N2O6. The van der Waals surface area contributed by atoms with E-state index in [4.69, 9.17) is 14.2 Å². The van der Waals surface area contributed by atoms with Gasteiger partial charge in [-0.2, -0.15) is 0 Å². The molecule has 43 heavy (non-hydrogen) atoms. The van der Waals surface area contributed by atoms with Crippen LogP contribution < -0.4 is 14.2 Å². The molecule has 3 aromatic rings. The predicted octanol–water partition coefficient (Wildman–Crippen LogP) is 6.22. The Morgan fingerprint density at radius 3 is 2.19 bits per heavy atom. The molecule has 0 spiro atoms. The van der Waals surface area contributed by atoms with Gasteiger partial charge in [0, 0.05) is 12.1 Å². The quantitative estimate of drug-likeness (QED) is 0.129. The van der Waals surface area contributed by atoms with Gasteiger partial charge in [-0.05, 0) is 87.4 Å². The molecule has 1 aliphatic heterocycles. The van der Waals surface area contributed by atoms with E-state index in [0.717, 1.165) is 25.2 Å². The molecule has 4 rings (SSSR count). The molecule has 1 fully saturated rings. The van der Waals surface area contributed by atoms with Gasteiger partial charge in [-0.25, -0.2) is 0 Å². The Morgan fingerprint density at radius 1 is 0.837 bits per heavy atom. The number of ether oxygens (including phenoxy) is 3. The van der Waals surface area contributed by atoms with Gasteiger partial charge in [0.2, 0.25) is 0 Å². The zero-order valence-corrected chi connectivity index (χ0v) is 25.5. The summed E-state index contributed by atoms with van der Waals surface area (Å²) in [5.41, 5.74) is 2.16. The fourth-order valence-electron chi connectivity index (χ4n) is 5.31. The number of aliphatic hydroxyl groups excluding tert-OH is 1. The molecule has 3 aromatic carbocycles. The number of nitrogens with zero attached hydrogens (tertiary/aromatic N) is 2. The van der Waals surface area contributed by atoms with Crippen molar-refractivity contribution in [3.63, 3.8) is 0 Å². The molecule has 1 unspecified atom stereocenters. The van der Waals surface area contributed by atoms with Crippen molar-refractivity contribution < 1.29 is 28.9 Å². The van der Waals surface area contributed by atoms with E-state index in [-0.39, 0.29) is 11.3 Å². The first-order valence-corrected chi connectivity index (χ1v) is 15.1. The van der Waals surface area contributed by atoms with Gasteiger partial charge in [0.15, 0.2) is 11.5 Å². The van der Waals surface area contributed by atoms with Crippen LogP contribution >= 0.6 is 0 Å². The summed E-state index contributed by atoms with van der Waals surface area (Å²) >= 11 is 0. The number of Topliss-reactive ketones (excluding diaryl/α,β-unsaturated/α-hetero) is 1. The maximum absolute atomic E-state index is 13.5. The van der Waals surface area contributed by atoms with Crippen LogP contribution in [0.1, 0.15) is 56.8 Å². The van der Waals surface area contributed by atoms with Crippen molar-refractivity contribution in [3.05, 3.63) is 95.1 Å². The summed E-state index contributed by atoms with van der Waals surface area (Å²) in [6.07, 6.45) is 0.685. The third-order valence-electron chi connectivity index (χ3n) is 7.57. The highest BCUT2D eigenvalue weighted by Crippen LogP contribution is 2.42. The molecule has 1 aliphatic rings. The highest BCUT2D eigenvalue weighted by atomic mass is 16.5. The van der Waals surface area contributed by atoms with Crippen LogP contribution in [0.25, 0.3) is 5.76 Å². The maximum atomic E-state index is 13.5. The number of ketones is 1. The summed E-state index contributed by atoms with van der Waals surface area (Å²) in [6.45, 7) is 12.2. The second kappa shape index (κ2) is 15.3. The lowest BCUT2D eigenvalue weighted by atomic mass is 9.95.